The molecule has 0 unspecified atom stereocenters. The SMILES string of the molecule is O=C1CC(c2ccccc2)CC(=O)C1=Cc1cccc([N+](=O)[O-])c1. The second-order valence-electron chi connectivity index (χ2n) is 5.77. The number of hydrogen-bond donors (Lipinski definition) is 0. The van der Waals surface area contributed by atoms with E-state index in [0.717, 1.165) is 5.56 Å². The Balaban J connectivity index is 1.86. The van der Waals surface area contributed by atoms with Crippen LogP contribution in [-0.4, -0.2) is 16.5 Å². The number of carbonyl (C=O) groups excluding carboxylic acids is 2. The normalized spacial score (nSPS) is 17.7. The predicted molar refractivity (Wildman–Crippen MR) is 89.5 cm³/mol. The molecule has 0 radical (unpaired) electrons. The molecule has 1 aliphatic rings. The summed E-state index contributed by atoms with van der Waals surface area (Å²) >= 11 is 0. The van der Waals surface area contributed by atoms with Crippen LogP contribution >= 0.6 is 0 Å². The Morgan fingerprint density at radius 1 is 0.958 bits per heavy atom. The third-order valence-corrected chi connectivity index (χ3v) is 4.13. The molecule has 1 saturated carbocycles. The molecule has 2 aromatic rings. The highest BCUT2D eigenvalue weighted by Gasteiger charge is 2.31. The van der Waals surface area contributed by atoms with Crippen molar-refractivity contribution in [2.24, 2.45) is 0 Å². The molecule has 0 bridgehead atoms. The Labute approximate surface area is 138 Å². The number of benzene rings is 2. The van der Waals surface area contributed by atoms with Gasteiger partial charge in [-0.1, -0.05) is 42.5 Å². The lowest BCUT2D eigenvalue weighted by Gasteiger charge is -2.22. The first-order valence-electron chi connectivity index (χ1n) is 7.62. The van der Waals surface area contributed by atoms with Crippen molar-refractivity contribution >= 4 is 23.3 Å². The Hall–Kier alpha value is -3.08. The van der Waals surface area contributed by atoms with Crippen LogP contribution in [0.4, 0.5) is 5.69 Å². The number of hydrogen-bond acceptors (Lipinski definition) is 4. The van der Waals surface area contributed by atoms with Gasteiger partial charge in [0.15, 0.2) is 11.6 Å². The van der Waals surface area contributed by atoms with Gasteiger partial charge in [0.1, 0.15) is 0 Å². The van der Waals surface area contributed by atoms with E-state index >= 15 is 0 Å². The van der Waals surface area contributed by atoms with E-state index in [-0.39, 0.29) is 41.6 Å². The lowest BCUT2D eigenvalue weighted by Crippen LogP contribution is -2.24. The average molecular weight is 321 g/mol. The van der Waals surface area contributed by atoms with Gasteiger partial charge in [-0.15, -0.1) is 0 Å². The first kappa shape index (κ1) is 15.8. The van der Waals surface area contributed by atoms with Gasteiger partial charge in [0.2, 0.25) is 0 Å². The first-order valence-corrected chi connectivity index (χ1v) is 7.62. The second kappa shape index (κ2) is 6.58. The van der Waals surface area contributed by atoms with E-state index in [0.29, 0.717) is 5.56 Å². The summed E-state index contributed by atoms with van der Waals surface area (Å²) < 4.78 is 0. The molecule has 1 aliphatic carbocycles. The van der Waals surface area contributed by atoms with Gasteiger partial charge in [-0.25, -0.2) is 0 Å². The van der Waals surface area contributed by atoms with Crippen LogP contribution < -0.4 is 0 Å². The molecule has 0 N–H and O–H groups in total. The molecule has 5 nitrogen and oxygen atoms in total. The Morgan fingerprint density at radius 2 is 1.62 bits per heavy atom. The van der Waals surface area contributed by atoms with Gasteiger partial charge in [0.05, 0.1) is 10.5 Å². The summed E-state index contributed by atoms with van der Waals surface area (Å²) in [5.41, 5.74) is 1.53. The molecule has 5 heteroatoms. The van der Waals surface area contributed by atoms with E-state index < -0.39 is 4.92 Å². The van der Waals surface area contributed by atoms with Crippen molar-refractivity contribution in [3.05, 3.63) is 81.4 Å². The van der Waals surface area contributed by atoms with Crippen molar-refractivity contribution < 1.29 is 14.5 Å². The molecule has 0 amide bonds. The summed E-state index contributed by atoms with van der Waals surface area (Å²) in [6, 6.07) is 15.4. The average Bonchev–Trinajstić information content (AvgIpc) is 2.59. The molecule has 0 heterocycles. The molecule has 1 fully saturated rings. The number of ketones is 2. The number of nitrogens with zero attached hydrogens (tertiary/aromatic N) is 1. The lowest BCUT2D eigenvalue weighted by atomic mass is 9.79. The second-order valence-corrected chi connectivity index (χ2v) is 5.77. The third kappa shape index (κ3) is 3.30. The molecule has 0 aromatic heterocycles. The van der Waals surface area contributed by atoms with Crippen LogP contribution in [0.5, 0.6) is 0 Å². The van der Waals surface area contributed by atoms with E-state index in [4.69, 9.17) is 0 Å². The first-order chi connectivity index (χ1) is 11.5. The fourth-order valence-electron chi connectivity index (χ4n) is 2.91. The molecule has 24 heavy (non-hydrogen) atoms. The molecule has 120 valence electrons. The van der Waals surface area contributed by atoms with Crippen LogP contribution in [0, 0.1) is 10.1 Å². The van der Waals surface area contributed by atoms with E-state index in [9.17, 15) is 19.7 Å². The third-order valence-electron chi connectivity index (χ3n) is 4.13. The van der Waals surface area contributed by atoms with Gasteiger partial charge >= 0.3 is 0 Å². The zero-order valence-electron chi connectivity index (χ0n) is 12.8. The number of nitro groups is 1. The van der Waals surface area contributed by atoms with Gasteiger partial charge in [-0.3, -0.25) is 19.7 Å². The number of allylic oxidation sites excluding steroid dienone is 1. The van der Waals surface area contributed by atoms with Gasteiger partial charge in [0, 0.05) is 25.0 Å². The summed E-state index contributed by atoms with van der Waals surface area (Å²) in [6.45, 7) is 0. The minimum Gasteiger partial charge on any atom is -0.294 e. The van der Waals surface area contributed by atoms with Crippen LogP contribution in [0.2, 0.25) is 0 Å². The zero-order chi connectivity index (χ0) is 17.1. The molecular formula is C19H15NO4. The minimum atomic E-state index is -0.502. The van der Waals surface area contributed by atoms with Gasteiger partial charge in [0.25, 0.3) is 5.69 Å². The number of Topliss-reactive ketones (excluding diaryl/α,β-unsaturated/α-hetero) is 2. The lowest BCUT2D eigenvalue weighted by molar-refractivity contribution is -0.384. The predicted octanol–water partition coefficient (Wildman–Crippen LogP) is 3.69. The van der Waals surface area contributed by atoms with Crippen molar-refractivity contribution in [1.82, 2.24) is 0 Å². The molecule has 0 spiro atoms. The topological polar surface area (TPSA) is 77.3 Å². The largest absolute Gasteiger partial charge is 0.294 e. The Morgan fingerprint density at radius 3 is 2.25 bits per heavy atom. The molecule has 0 aliphatic heterocycles. The molecule has 3 rings (SSSR count). The smallest absolute Gasteiger partial charge is 0.270 e. The van der Waals surface area contributed by atoms with E-state index in [1.807, 2.05) is 30.3 Å². The maximum atomic E-state index is 12.4. The van der Waals surface area contributed by atoms with Crippen molar-refractivity contribution in [3.8, 4) is 0 Å². The van der Waals surface area contributed by atoms with E-state index in [1.165, 1.54) is 24.3 Å². The monoisotopic (exact) mass is 321 g/mol. The number of nitro benzene ring substituents is 1. The maximum absolute atomic E-state index is 12.4. The summed E-state index contributed by atoms with van der Waals surface area (Å²) in [7, 11) is 0. The molecule has 0 saturated heterocycles. The van der Waals surface area contributed by atoms with Gasteiger partial charge in [-0.05, 0) is 23.1 Å². The highest BCUT2D eigenvalue weighted by atomic mass is 16.6. The molecule has 2 aromatic carbocycles. The fourth-order valence-corrected chi connectivity index (χ4v) is 2.91. The summed E-state index contributed by atoms with van der Waals surface area (Å²) in [5, 5.41) is 10.8. The summed E-state index contributed by atoms with van der Waals surface area (Å²) in [6.07, 6.45) is 2.01. The van der Waals surface area contributed by atoms with Gasteiger partial charge < -0.3 is 0 Å². The Bertz CT molecular complexity index is 819. The quantitative estimate of drug-likeness (QED) is 0.374. The Kier molecular flexibility index (Phi) is 4.33. The fraction of sp³-hybridized carbons (Fsp3) is 0.158. The van der Waals surface area contributed by atoms with Crippen molar-refractivity contribution in [2.75, 3.05) is 0 Å². The van der Waals surface area contributed by atoms with Crippen LogP contribution in [0.1, 0.15) is 29.9 Å². The van der Waals surface area contributed by atoms with Crippen molar-refractivity contribution in [1.29, 1.82) is 0 Å². The summed E-state index contributed by atoms with van der Waals surface area (Å²) in [5.74, 6) is -0.535. The standard InChI is InChI=1S/C19H15NO4/c21-18-11-15(14-6-2-1-3-7-14)12-19(22)17(18)10-13-5-4-8-16(9-13)20(23)24/h1-10,15H,11-12H2. The van der Waals surface area contributed by atoms with Crippen molar-refractivity contribution in [2.45, 2.75) is 18.8 Å². The highest BCUT2D eigenvalue weighted by molar-refractivity contribution is 6.25. The molecular weight excluding hydrogens is 306 g/mol. The van der Waals surface area contributed by atoms with Crippen LogP contribution in [0.3, 0.4) is 0 Å². The van der Waals surface area contributed by atoms with E-state index in [1.54, 1.807) is 6.07 Å². The van der Waals surface area contributed by atoms with Crippen molar-refractivity contribution in [3.63, 3.8) is 0 Å². The number of carbonyl (C=O) groups is 2. The van der Waals surface area contributed by atoms with Crippen LogP contribution in [0.15, 0.2) is 60.2 Å². The number of rotatable bonds is 3. The van der Waals surface area contributed by atoms with Gasteiger partial charge in [-0.2, -0.15) is 0 Å². The van der Waals surface area contributed by atoms with E-state index in [2.05, 4.69) is 0 Å². The summed E-state index contributed by atoms with van der Waals surface area (Å²) in [4.78, 5) is 35.1. The molecule has 0 atom stereocenters. The number of non-ortho nitro benzene ring substituents is 1. The maximum Gasteiger partial charge on any atom is 0.270 e. The zero-order valence-corrected chi connectivity index (χ0v) is 12.8. The highest BCUT2D eigenvalue weighted by Crippen LogP contribution is 2.32. The minimum absolute atomic E-state index is 0.0674. The van der Waals surface area contributed by atoms with Crippen LogP contribution in [0.25, 0.3) is 6.08 Å². The van der Waals surface area contributed by atoms with Crippen LogP contribution in [-0.2, 0) is 9.59 Å².